The van der Waals surface area contributed by atoms with E-state index >= 15 is 0 Å². The van der Waals surface area contributed by atoms with Crippen LogP contribution in [0.3, 0.4) is 0 Å². The number of aromatic nitrogens is 1. The second-order valence-corrected chi connectivity index (χ2v) is 4.84. The average molecular weight is 346 g/mol. The van der Waals surface area contributed by atoms with Crippen molar-refractivity contribution in [2.45, 2.75) is 0 Å². The van der Waals surface area contributed by atoms with Gasteiger partial charge in [0.1, 0.15) is 5.82 Å². The van der Waals surface area contributed by atoms with Gasteiger partial charge in [0.25, 0.3) is 0 Å². The molecule has 0 unspecified atom stereocenters. The van der Waals surface area contributed by atoms with E-state index in [1.165, 1.54) is 12.1 Å². The third-order valence-corrected chi connectivity index (χ3v) is 3.54. The second kappa shape index (κ2) is 4.51. The van der Waals surface area contributed by atoms with Crippen molar-refractivity contribution in [1.82, 2.24) is 4.98 Å². The molecule has 2 rings (SSSR count). The summed E-state index contributed by atoms with van der Waals surface area (Å²) in [6.07, 6.45) is 1.60. The summed E-state index contributed by atoms with van der Waals surface area (Å²) in [4.78, 5) is 4.21. The Labute approximate surface area is 109 Å². The molecule has 2 N–H and O–H groups in total. The minimum absolute atomic E-state index is 0.298. The predicted octanol–water partition coefficient (Wildman–Crippen LogP) is 3.99. The van der Waals surface area contributed by atoms with Crippen molar-refractivity contribution < 1.29 is 4.39 Å². The quantitative estimate of drug-likeness (QED) is 0.848. The number of nitrogens with zero attached hydrogens (tertiary/aromatic N) is 1. The summed E-state index contributed by atoms with van der Waals surface area (Å²) in [5.74, 6) is -0.298. The molecule has 0 spiro atoms. The topological polar surface area (TPSA) is 38.9 Å². The van der Waals surface area contributed by atoms with Crippen LogP contribution in [0, 0.1) is 5.82 Å². The van der Waals surface area contributed by atoms with Crippen molar-refractivity contribution in [2.75, 3.05) is 5.73 Å². The summed E-state index contributed by atoms with van der Waals surface area (Å²) in [6.45, 7) is 0. The first-order valence-corrected chi connectivity index (χ1v) is 6.03. The Hall–Kier alpha value is -0.940. The van der Waals surface area contributed by atoms with Crippen LogP contribution in [0.15, 0.2) is 39.4 Å². The molecular weight excluding hydrogens is 339 g/mol. The van der Waals surface area contributed by atoms with Crippen LogP contribution in [-0.2, 0) is 0 Å². The van der Waals surface area contributed by atoms with E-state index < -0.39 is 0 Å². The average Bonchev–Trinajstić information content (AvgIpc) is 2.26. The second-order valence-electron chi connectivity index (χ2n) is 3.19. The van der Waals surface area contributed by atoms with Crippen molar-refractivity contribution in [3.8, 4) is 11.3 Å². The molecular formula is C11H7Br2FN2. The zero-order valence-corrected chi connectivity index (χ0v) is 11.2. The van der Waals surface area contributed by atoms with Crippen LogP contribution in [-0.4, -0.2) is 4.98 Å². The highest BCUT2D eigenvalue weighted by molar-refractivity contribution is 9.11. The number of hydrogen-bond donors (Lipinski definition) is 1. The molecule has 0 fully saturated rings. The number of rotatable bonds is 1. The molecule has 0 aliphatic carbocycles. The molecule has 0 saturated carbocycles. The van der Waals surface area contributed by atoms with Gasteiger partial charge in [-0.05, 0) is 44.0 Å². The zero-order valence-electron chi connectivity index (χ0n) is 8.05. The van der Waals surface area contributed by atoms with Crippen LogP contribution in [0.5, 0.6) is 0 Å². The number of nitrogen functional groups attached to an aromatic ring is 1. The van der Waals surface area contributed by atoms with E-state index in [1.807, 2.05) is 0 Å². The number of benzene rings is 1. The lowest BCUT2D eigenvalue weighted by Gasteiger charge is -2.07. The van der Waals surface area contributed by atoms with Crippen LogP contribution < -0.4 is 5.73 Å². The van der Waals surface area contributed by atoms with Gasteiger partial charge in [-0.3, -0.25) is 4.98 Å². The molecule has 1 aromatic heterocycles. The number of pyridine rings is 1. The standard InChI is InChI=1S/C11H7Br2FN2/c12-8-5-16-11(9(13)10(8)15)6-2-1-3-7(14)4-6/h1-5H,(H2,15,16). The Morgan fingerprint density at radius 3 is 2.69 bits per heavy atom. The Kier molecular flexibility index (Phi) is 3.25. The lowest BCUT2D eigenvalue weighted by Crippen LogP contribution is -1.94. The lowest BCUT2D eigenvalue weighted by atomic mass is 10.1. The van der Waals surface area contributed by atoms with Gasteiger partial charge in [0.05, 0.1) is 20.3 Å². The highest BCUT2D eigenvalue weighted by atomic mass is 79.9. The lowest BCUT2D eigenvalue weighted by molar-refractivity contribution is 0.628. The van der Waals surface area contributed by atoms with E-state index in [4.69, 9.17) is 5.73 Å². The number of hydrogen-bond acceptors (Lipinski definition) is 2. The summed E-state index contributed by atoms with van der Waals surface area (Å²) in [5, 5.41) is 0. The first-order valence-electron chi connectivity index (χ1n) is 4.45. The van der Waals surface area contributed by atoms with Crippen LogP contribution >= 0.6 is 31.9 Å². The molecule has 0 radical (unpaired) electrons. The normalized spacial score (nSPS) is 10.4. The van der Waals surface area contributed by atoms with Crippen molar-refractivity contribution in [3.63, 3.8) is 0 Å². The fraction of sp³-hybridized carbons (Fsp3) is 0. The zero-order chi connectivity index (χ0) is 11.7. The molecule has 5 heteroatoms. The molecule has 2 aromatic rings. The van der Waals surface area contributed by atoms with Crippen molar-refractivity contribution in [1.29, 1.82) is 0 Å². The van der Waals surface area contributed by atoms with Gasteiger partial charge in [-0.25, -0.2) is 4.39 Å². The third-order valence-electron chi connectivity index (χ3n) is 2.11. The van der Waals surface area contributed by atoms with Gasteiger partial charge < -0.3 is 5.73 Å². The van der Waals surface area contributed by atoms with E-state index in [2.05, 4.69) is 36.8 Å². The largest absolute Gasteiger partial charge is 0.397 e. The maximum absolute atomic E-state index is 13.1. The van der Waals surface area contributed by atoms with Crippen LogP contribution in [0.25, 0.3) is 11.3 Å². The van der Waals surface area contributed by atoms with Gasteiger partial charge >= 0.3 is 0 Å². The molecule has 0 aliphatic rings. The predicted molar refractivity (Wildman–Crippen MR) is 69.4 cm³/mol. The number of nitrogens with two attached hydrogens (primary N) is 1. The summed E-state index contributed by atoms with van der Waals surface area (Å²) >= 11 is 6.63. The van der Waals surface area contributed by atoms with Gasteiger partial charge in [-0.2, -0.15) is 0 Å². The summed E-state index contributed by atoms with van der Waals surface area (Å²) < 4.78 is 14.4. The minimum atomic E-state index is -0.298. The van der Waals surface area contributed by atoms with Gasteiger partial charge in [0, 0.05) is 11.8 Å². The minimum Gasteiger partial charge on any atom is -0.397 e. The van der Waals surface area contributed by atoms with Gasteiger partial charge in [-0.1, -0.05) is 12.1 Å². The first kappa shape index (κ1) is 11.5. The smallest absolute Gasteiger partial charge is 0.123 e. The van der Waals surface area contributed by atoms with E-state index in [1.54, 1.807) is 18.3 Å². The third kappa shape index (κ3) is 2.10. The Balaban J connectivity index is 2.61. The van der Waals surface area contributed by atoms with Crippen molar-refractivity contribution in [2.24, 2.45) is 0 Å². The Morgan fingerprint density at radius 2 is 2.00 bits per heavy atom. The van der Waals surface area contributed by atoms with Gasteiger partial charge in [0.2, 0.25) is 0 Å². The maximum Gasteiger partial charge on any atom is 0.123 e. The Bertz CT molecular complexity index is 544. The summed E-state index contributed by atoms with van der Waals surface area (Å²) in [7, 11) is 0. The molecule has 16 heavy (non-hydrogen) atoms. The van der Waals surface area contributed by atoms with Gasteiger partial charge in [-0.15, -0.1) is 0 Å². The molecule has 0 bridgehead atoms. The van der Waals surface area contributed by atoms with E-state index in [0.29, 0.717) is 25.9 Å². The van der Waals surface area contributed by atoms with E-state index in [-0.39, 0.29) is 5.82 Å². The molecule has 82 valence electrons. The molecule has 0 saturated heterocycles. The fourth-order valence-electron chi connectivity index (χ4n) is 1.32. The van der Waals surface area contributed by atoms with Crippen molar-refractivity contribution in [3.05, 3.63) is 45.2 Å². The maximum atomic E-state index is 13.1. The Morgan fingerprint density at radius 1 is 1.25 bits per heavy atom. The van der Waals surface area contributed by atoms with Crippen molar-refractivity contribution >= 4 is 37.5 Å². The molecule has 0 aliphatic heterocycles. The van der Waals surface area contributed by atoms with E-state index in [0.717, 1.165) is 0 Å². The number of halogens is 3. The van der Waals surface area contributed by atoms with Crippen LogP contribution in [0.2, 0.25) is 0 Å². The fourth-order valence-corrected chi connectivity index (χ4v) is 2.43. The molecule has 0 amide bonds. The summed E-state index contributed by atoms with van der Waals surface area (Å²) in [6, 6.07) is 6.22. The molecule has 1 aromatic carbocycles. The highest BCUT2D eigenvalue weighted by Gasteiger charge is 2.10. The van der Waals surface area contributed by atoms with Gasteiger partial charge in [0.15, 0.2) is 0 Å². The van der Waals surface area contributed by atoms with Crippen LogP contribution in [0.1, 0.15) is 0 Å². The number of anilines is 1. The van der Waals surface area contributed by atoms with Crippen LogP contribution in [0.4, 0.5) is 10.1 Å². The molecule has 0 atom stereocenters. The molecule has 2 nitrogen and oxygen atoms in total. The molecule has 1 heterocycles. The SMILES string of the molecule is Nc1c(Br)cnc(-c2cccc(F)c2)c1Br. The first-order chi connectivity index (χ1) is 7.59. The highest BCUT2D eigenvalue weighted by Crippen LogP contribution is 2.35. The monoisotopic (exact) mass is 344 g/mol. The van der Waals surface area contributed by atoms with E-state index in [9.17, 15) is 4.39 Å². The summed E-state index contributed by atoms with van der Waals surface area (Å²) in [5.41, 5.74) is 7.69.